The Bertz CT molecular complexity index is 898. The minimum Gasteiger partial charge on any atom is -0.495 e. The number of hydrogen-bond acceptors (Lipinski definition) is 5. The molecule has 0 saturated carbocycles. The monoisotopic (exact) mass is 420 g/mol. The quantitative estimate of drug-likeness (QED) is 0.565. The normalized spacial score (nSPS) is 11.0. The maximum atomic E-state index is 12.2. The summed E-state index contributed by atoms with van der Waals surface area (Å²) < 4.78 is 36.5. The van der Waals surface area contributed by atoms with E-state index in [1.54, 1.807) is 24.3 Å². The van der Waals surface area contributed by atoms with E-state index in [9.17, 15) is 13.2 Å². The first-order chi connectivity index (χ1) is 13.8. The smallest absolute Gasteiger partial charge is 0.232 e. The lowest BCUT2D eigenvalue weighted by Gasteiger charge is -2.24. The summed E-state index contributed by atoms with van der Waals surface area (Å²) in [6, 6.07) is 14.6. The molecule has 2 aromatic rings. The summed E-state index contributed by atoms with van der Waals surface area (Å²) in [4.78, 5) is 12.0. The van der Waals surface area contributed by atoms with Crippen LogP contribution in [0.1, 0.15) is 18.4 Å². The molecule has 0 unspecified atom stereocenters. The van der Waals surface area contributed by atoms with Gasteiger partial charge in [-0.05, 0) is 37.6 Å². The molecule has 0 heterocycles. The molecule has 158 valence electrons. The zero-order chi connectivity index (χ0) is 21.3. The molecule has 0 aliphatic heterocycles. The lowest BCUT2D eigenvalue weighted by atomic mass is 10.2. The molecular formula is C21H28N2O5S. The SMILES string of the molecule is COc1ccccc1N(CCCC(=O)NCCOc1ccc(C)cc1)S(C)(=O)=O. The van der Waals surface area contributed by atoms with Crippen molar-refractivity contribution < 1.29 is 22.7 Å². The molecule has 0 fully saturated rings. The molecule has 0 aromatic heterocycles. The van der Waals surface area contributed by atoms with Crippen molar-refractivity contribution in [1.82, 2.24) is 5.32 Å². The first kappa shape index (κ1) is 22.5. The Balaban J connectivity index is 1.78. The highest BCUT2D eigenvalue weighted by atomic mass is 32.2. The lowest BCUT2D eigenvalue weighted by molar-refractivity contribution is -0.121. The van der Waals surface area contributed by atoms with E-state index in [0.29, 0.717) is 31.0 Å². The van der Waals surface area contributed by atoms with E-state index in [-0.39, 0.29) is 18.9 Å². The van der Waals surface area contributed by atoms with Crippen molar-refractivity contribution >= 4 is 21.6 Å². The molecule has 0 spiro atoms. The molecule has 1 N–H and O–H groups in total. The van der Waals surface area contributed by atoms with Gasteiger partial charge in [0.1, 0.15) is 18.1 Å². The number of carbonyl (C=O) groups is 1. The Kier molecular flexibility index (Phi) is 8.33. The lowest BCUT2D eigenvalue weighted by Crippen LogP contribution is -2.33. The fourth-order valence-electron chi connectivity index (χ4n) is 2.77. The van der Waals surface area contributed by atoms with E-state index < -0.39 is 10.0 Å². The van der Waals surface area contributed by atoms with Crippen LogP contribution in [0.2, 0.25) is 0 Å². The van der Waals surface area contributed by atoms with Crippen molar-refractivity contribution in [2.24, 2.45) is 0 Å². The van der Waals surface area contributed by atoms with E-state index >= 15 is 0 Å². The van der Waals surface area contributed by atoms with Gasteiger partial charge in [-0.1, -0.05) is 29.8 Å². The van der Waals surface area contributed by atoms with E-state index in [0.717, 1.165) is 17.6 Å². The highest BCUT2D eigenvalue weighted by Gasteiger charge is 2.20. The number of sulfonamides is 1. The van der Waals surface area contributed by atoms with Crippen LogP contribution < -0.4 is 19.1 Å². The summed E-state index contributed by atoms with van der Waals surface area (Å²) in [5.41, 5.74) is 1.62. The predicted octanol–water partition coefficient (Wildman–Crippen LogP) is 2.75. The third kappa shape index (κ3) is 7.30. The Labute approximate surface area is 172 Å². The highest BCUT2D eigenvalue weighted by molar-refractivity contribution is 7.92. The summed E-state index contributed by atoms with van der Waals surface area (Å²) in [6.45, 7) is 2.94. The van der Waals surface area contributed by atoms with Crippen LogP contribution in [0.5, 0.6) is 11.5 Å². The fourth-order valence-corrected chi connectivity index (χ4v) is 3.74. The van der Waals surface area contributed by atoms with Crippen LogP contribution in [0, 0.1) is 6.92 Å². The molecule has 1 amide bonds. The van der Waals surface area contributed by atoms with Crippen molar-refractivity contribution in [1.29, 1.82) is 0 Å². The molecule has 0 atom stereocenters. The number of nitrogens with one attached hydrogen (secondary N) is 1. The number of aryl methyl sites for hydroxylation is 1. The van der Waals surface area contributed by atoms with E-state index in [1.807, 2.05) is 31.2 Å². The molecule has 2 aromatic carbocycles. The number of nitrogens with zero attached hydrogens (tertiary/aromatic N) is 1. The summed E-state index contributed by atoms with van der Waals surface area (Å²) in [5.74, 6) is 1.08. The van der Waals surface area contributed by atoms with Crippen LogP contribution in [-0.4, -0.2) is 47.4 Å². The van der Waals surface area contributed by atoms with Gasteiger partial charge in [-0.25, -0.2) is 8.42 Å². The van der Waals surface area contributed by atoms with Crippen molar-refractivity contribution in [2.75, 3.05) is 37.4 Å². The van der Waals surface area contributed by atoms with Gasteiger partial charge in [0.15, 0.2) is 0 Å². The molecule has 8 heteroatoms. The Morgan fingerprint density at radius 1 is 1.10 bits per heavy atom. The minimum absolute atomic E-state index is 0.147. The van der Waals surface area contributed by atoms with Gasteiger partial charge in [-0.3, -0.25) is 9.10 Å². The summed E-state index contributed by atoms with van der Waals surface area (Å²) in [7, 11) is -2.01. The Morgan fingerprint density at radius 2 is 1.79 bits per heavy atom. The number of benzene rings is 2. The number of ether oxygens (including phenoxy) is 2. The fraction of sp³-hybridized carbons (Fsp3) is 0.381. The third-order valence-corrected chi connectivity index (χ3v) is 5.41. The number of para-hydroxylation sites is 2. The maximum absolute atomic E-state index is 12.2. The van der Waals surface area contributed by atoms with Crippen LogP contribution in [0.15, 0.2) is 48.5 Å². The van der Waals surface area contributed by atoms with E-state index in [1.165, 1.54) is 11.4 Å². The summed E-state index contributed by atoms with van der Waals surface area (Å²) in [6.07, 6.45) is 1.74. The van der Waals surface area contributed by atoms with Crippen LogP contribution in [0.25, 0.3) is 0 Å². The number of anilines is 1. The van der Waals surface area contributed by atoms with Gasteiger partial charge in [0, 0.05) is 13.0 Å². The second kappa shape index (κ2) is 10.7. The topological polar surface area (TPSA) is 84.9 Å². The number of hydrogen-bond donors (Lipinski definition) is 1. The summed E-state index contributed by atoms with van der Waals surface area (Å²) >= 11 is 0. The molecular weight excluding hydrogens is 392 g/mol. The van der Waals surface area contributed by atoms with Crippen molar-refractivity contribution in [3.8, 4) is 11.5 Å². The third-order valence-electron chi connectivity index (χ3n) is 4.23. The standard InChI is InChI=1S/C21H28N2O5S/c1-17-10-12-18(13-11-17)28-16-14-22-21(24)9-6-15-23(29(3,25)26)19-7-4-5-8-20(19)27-2/h4-5,7-8,10-13H,6,9,14-16H2,1-3H3,(H,22,24). The second-order valence-corrected chi connectivity index (χ2v) is 8.53. The molecule has 0 aliphatic carbocycles. The summed E-state index contributed by atoms with van der Waals surface area (Å²) in [5, 5.41) is 2.78. The van der Waals surface area contributed by atoms with Gasteiger partial charge in [-0.15, -0.1) is 0 Å². The average molecular weight is 421 g/mol. The largest absolute Gasteiger partial charge is 0.495 e. The maximum Gasteiger partial charge on any atom is 0.232 e. The zero-order valence-electron chi connectivity index (χ0n) is 17.1. The van der Waals surface area contributed by atoms with Gasteiger partial charge < -0.3 is 14.8 Å². The van der Waals surface area contributed by atoms with Crippen LogP contribution in [-0.2, 0) is 14.8 Å². The first-order valence-corrected chi connectivity index (χ1v) is 11.2. The van der Waals surface area contributed by atoms with Gasteiger partial charge in [0.2, 0.25) is 15.9 Å². The van der Waals surface area contributed by atoms with Crippen LogP contribution in [0.4, 0.5) is 5.69 Å². The number of carbonyl (C=O) groups excluding carboxylic acids is 1. The Hall–Kier alpha value is -2.74. The van der Waals surface area contributed by atoms with Crippen molar-refractivity contribution in [3.63, 3.8) is 0 Å². The predicted molar refractivity (Wildman–Crippen MR) is 114 cm³/mol. The van der Waals surface area contributed by atoms with E-state index in [4.69, 9.17) is 9.47 Å². The van der Waals surface area contributed by atoms with Gasteiger partial charge in [-0.2, -0.15) is 0 Å². The van der Waals surface area contributed by atoms with Gasteiger partial charge >= 0.3 is 0 Å². The molecule has 0 aliphatic rings. The number of methoxy groups -OCH3 is 1. The first-order valence-electron chi connectivity index (χ1n) is 9.38. The molecule has 0 radical (unpaired) electrons. The second-order valence-electron chi connectivity index (χ2n) is 6.62. The molecule has 7 nitrogen and oxygen atoms in total. The van der Waals surface area contributed by atoms with E-state index in [2.05, 4.69) is 5.32 Å². The molecule has 29 heavy (non-hydrogen) atoms. The molecule has 2 rings (SSSR count). The molecule has 0 saturated heterocycles. The van der Waals surface area contributed by atoms with Crippen molar-refractivity contribution in [2.45, 2.75) is 19.8 Å². The average Bonchev–Trinajstić information content (AvgIpc) is 2.69. The van der Waals surface area contributed by atoms with Gasteiger partial charge in [0.05, 0.1) is 25.6 Å². The van der Waals surface area contributed by atoms with Crippen molar-refractivity contribution in [3.05, 3.63) is 54.1 Å². The zero-order valence-corrected chi connectivity index (χ0v) is 17.9. The van der Waals surface area contributed by atoms with Gasteiger partial charge in [0.25, 0.3) is 0 Å². The molecule has 0 bridgehead atoms. The minimum atomic E-state index is -3.50. The van der Waals surface area contributed by atoms with Crippen LogP contribution >= 0.6 is 0 Å². The number of rotatable bonds is 11. The van der Waals surface area contributed by atoms with Crippen LogP contribution in [0.3, 0.4) is 0 Å². The number of amides is 1. The highest BCUT2D eigenvalue weighted by Crippen LogP contribution is 2.29. The Morgan fingerprint density at radius 3 is 2.45 bits per heavy atom.